The first-order chi connectivity index (χ1) is 7.70. The molecule has 0 N–H and O–H groups in total. The Balaban J connectivity index is 3.10. The van der Waals surface area contributed by atoms with Crippen LogP contribution < -0.4 is 0 Å². The summed E-state index contributed by atoms with van der Waals surface area (Å²) in [5.74, 6) is 2.18. The summed E-state index contributed by atoms with van der Waals surface area (Å²) in [5, 5.41) is 0. The molecule has 0 saturated heterocycles. The van der Waals surface area contributed by atoms with E-state index in [0.29, 0.717) is 8.77 Å². The van der Waals surface area contributed by atoms with Crippen molar-refractivity contribution in [2.24, 2.45) is 0 Å². The molecule has 0 aromatic carbocycles. The first-order valence-electron chi connectivity index (χ1n) is 4.45. The van der Waals surface area contributed by atoms with Crippen molar-refractivity contribution in [3.8, 4) is 0 Å². The first-order valence-corrected chi connectivity index (χ1v) is 9.91. The highest BCUT2D eigenvalue weighted by Gasteiger charge is 1.99. The summed E-state index contributed by atoms with van der Waals surface area (Å²) in [6.45, 7) is 0. The minimum atomic E-state index is 0.598. The molecule has 0 rings (SSSR count). The van der Waals surface area contributed by atoms with E-state index in [9.17, 15) is 0 Å². The number of methoxy groups -OCH3 is 2. The molecule has 0 atom stereocenters. The van der Waals surface area contributed by atoms with Crippen molar-refractivity contribution in [3.05, 3.63) is 0 Å². The lowest BCUT2D eigenvalue weighted by atomic mass is 10.4. The van der Waals surface area contributed by atoms with Crippen molar-refractivity contribution >= 4 is 76.4 Å². The Bertz CT molecular complexity index is 189. The lowest BCUT2D eigenvalue weighted by Gasteiger charge is -2.02. The van der Waals surface area contributed by atoms with Crippen LogP contribution in [0.4, 0.5) is 0 Å². The van der Waals surface area contributed by atoms with Gasteiger partial charge < -0.3 is 9.47 Å². The number of thiocarbonyl (C=S) groups is 2. The molecule has 0 fully saturated rings. The van der Waals surface area contributed by atoms with E-state index in [0.717, 1.165) is 11.5 Å². The van der Waals surface area contributed by atoms with Crippen molar-refractivity contribution < 1.29 is 9.47 Å². The van der Waals surface area contributed by atoms with Crippen molar-refractivity contribution in [1.29, 1.82) is 0 Å². The van der Waals surface area contributed by atoms with Gasteiger partial charge in [0, 0.05) is 11.5 Å². The van der Waals surface area contributed by atoms with Crippen LogP contribution in [0.5, 0.6) is 0 Å². The van der Waals surface area contributed by atoms with E-state index < -0.39 is 0 Å². The van der Waals surface area contributed by atoms with Gasteiger partial charge in [-0.1, -0.05) is 21.6 Å². The third-order valence-corrected chi connectivity index (χ3v) is 7.13. The van der Waals surface area contributed by atoms with Crippen LogP contribution in [0.25, 0.3) is 0 Å². The van der Waals surface area contributed by atoms with Crippen molar-refractivity contribution in [2.45, 2.75) is 12.8 Å². The molecule has 2 nitrogen and oxygen atoms in total. The van der Waals surface area contributed by atoms with Gasteiger partial charge in [0.2, 0.25) is 8.77 Å². The normalized spacial score (nSPS) is 9.88. The summed E-state index contributed by atoms with van der Waals surface area (Å²) in [4.78, 5) is 0. The Morgan fingerprint density at radius 3 is 1.56 bits per heavy atom. The Labute approximate surface area is 124 Å². The quantitative estimate of drug-likeness (QED) is 0.383. The van der Waals surface area contributed by atoms with Crippen LogP contribution in [0.1, 0.15) is 12.8 Å². The molecular weight excluding hydrogens is 320 g/mol. The zero-order valence-corrected chi connectivity index (χ0v) is 14.0. The van der Waals surface area contributed by atoms with Crippen molar-refractivity contribution in [2.75, 3.05) is 25.7 Å². The van der Waals surface area contributed by atoms with Crippen LogP contribution in [0.15, 0.2) is 0 Å². The zero-order valence-electron chi connectivity index (χ0n) is 9.09. The Morgan fingerprint density at radius 2 is 1.25 bits per heavy atom. The second-order valence-corrected chi connectivity index (χ2v) is 8.46. The third-order valence-electron chi connectivity index (χ3n) is 1.29. The maximum Gasteiger partial charge on any atom is 0.230 e. The van der Waals surface area contributed by atoms with E-state index >= 15 is 0 Å². The van der Waals surface area contributed by atoms with Gasteiger partial charge in [0.1, 0.15) is 0 Å². The summed E-state index contributed by atoms with van der Waals surface area (Å²) in [7, 11) is 9.72. The van der Waals surface area contributed by atoms with E-state index in [1.165, 1.54) is 34.4 Å². The molecule has 0 aliphatic carbocycles. The highest BCUT2D eigenvalue weighted by atomic mass is 33.1. The fraction of sp³-hybridized carbons (Fsp3) is 0.750. The zero-order chi connectivity index (χ0) is 12.2. The maximum absolute atomic E-state index is 4.90. The highest BCUT2D eigenvalue weighted by Crippen LogP contribution is 2.27. The lowest BCUT2D eigenvalue weighted by Crippen LogP contribution is -1.89. The topological polar surface area (TPSA) is 18.5 Å². The molecule has 0 radical (unpaired) electrons. The van der Waals surface area contributed by atoms with Crippen LogP contribution >= 0.6 is 67.6 Å². The second kappa shape index (κ2) is 12.6. The van der Waals surface area contributed by atoms with Gasteiger partial charge in [0.15, 0.2) is 0 Å². The van der Waals surface area contributed by atoms with E-state index in [1.807, 2.05) is 0 Å². The third kappa shape index (κ3) is 11.7. The summed E-state index contributed by atoms with van der Waals surface area (Å²) < 4.78 is 10.9. The van der Waals surface area contributed by atoms with Crippen LogP contribution in [0.2, 0.25) is 0 Å². The van der Waals surface area contributed by atoms with Gasteiger partial charge in [-0.2, -0.15) is 0 Å². The minimum absolute atomic E-state index is 0.598. The first kappa shape index (κ1) is 17.2. The summed E-state index contributed by atoms with van der Waals surface area (Å²) in [6, 6.07) is 0. The molecule has 0 aliphatic heterocycles. The minimum Gasteiger partial charge on any atom is -0.481 e. The molecule has 0 amide bonds. The van der Waals surface area contributed by atoms with Gasteiger partial charge in [-0.3, -0.25) is 0 Å². The molecule has 0 aliphatic rings. The fourth-order valence-electron chi connectivity index (χ4n) is 0.570. The monoisotopic (exact) mass is 334 g/mol. The van der Waals surface area contributed by atoms with Gasteiger partial charge in [0.05, 0.1) is 14.2 Å². The maximum atomic E-state index is 4.90. The molecule has 16 heavy (non-hydrogen) atoms. The van der Waals surface area contributed by atoms with Gasteiger partial charge >= 0.3 is 0 Å². The molecule has 8 heteroatoms. The molecule has 0 bridgehead atoms. The number of ether oxygens (including phenoxy) is 2. The van der Waals surface area contributed by atoms with Crippen LogP contribution in [0, 0.1) is 0 Å². The van der Waals surface area contributed by atoms with E-state index in [2.05, 4.69) is 0 Å². The summed E-state index contributed by atoms with van der Waals surface area (Å²) in [6.07, 6.45) is 2.36. The van der Waals surface area contributed by atoms with E-state index in [4.69, 9.17) is 33.9 Å². The molecular formula is C8H14O2S6. The fourth-order valence-corrected chi connectivity index (χ4v) is 4.77. The predicted octanol–water partition coefficient (Wildman–Crippen LogP) is 4.39. The molecule has 0 unspecified atom stereocenters. The van der Waals surface area contributed by atoms with Crippen molar-refractivity contribution in [1.82, 2.24) is 0 Å². The standard InChI is InChI=1S/C8H14O2S6/c1-9-7(11)15-13-5-3-4-6-14-16-8(12)10-2/h3-6H2,1-2H3. The molecule has 0 saturated carbocycles. The number of hydrogen-bond acceptors (Lipinski definition) is 8. The average molecular weight is 335 g/mol. The molecule has 0 spiro atoms. The van der Waals surface area contributed by atoms with Gasteiger partial charge in [0.25, 0.3) is 0 Å². The second-order valence-electron chi connectivity index (χ2n) is 2.43. The molecule has 0 aromatic heterocycles. The Morgan fingerprint density at radius 1 is 0.875 bits per heavy atom. The summed E-state index contributed by atoms with van der Waals surface area (Å²) >= 11 is 9.80. The van der Waals surface area contributed by atoms with Crippen LogP contribution in [0.3, 0.4) is 0 Å². The van der Waals surface area contributed by atoms with Gasteiger partial charge in [-0.05, 0) is 58.9 Å². The number of unbranched alkanes of at least 4 members (excludes halogenated alkanes) is 1. The van der Waals surface area contributed by atoms with Gasteiger partial charge in [-0.15, -0.1) is 0 Å². The SMILES string of the molecule is COC(=S)SSCCCCSSC(=S)OC. The van der Waals surface area contributed by atoms with Crippen LogP contribution in [-0.2, 0) is 9.47 Å². The molecule has 0 heterocycles. The van der Waals surface area contributed by atoms with Crippen LogP contribution in [-0.4, -0.2) is 34.5 Å². The van der Waals surface area contributed by atoms with Crippen molar-refractivity contribution in [3.63, 3.8) is 0 Å². The van der Waals surface area contributed by atoms with E-state index in [1.54, 1.807) is 35.8 Å². The van der Waals surface area contributed by atoms with Gasteiger partial charge in [-0.25, -0.2) is 0 Å². The average Bonchev–Trinajstić information content (AvgIpc) is 2.31. The van der Waals surface area contributed by atoms with E-state index in [-0.39, 0.29) is 0 Å². The largest absolute Gasteiger partial charge is 0.481 e. The smallest absolute Gasteiger partial charge is 0.230 e. The number of hydrogen-bond donors (Lipinski definition) is 0. The lowest BCUT2D eigenvalue weighted by molar-refractivity contribution is 0.426. The molecule has 94 valence electrons. The predicted molar refractivity (Wildman–Crippen MR) is 88.5 cm³/mol. The highest BCUT2D eigenvalue weighted by molar-refractivity contribution is 8.83. The number of rotatable bonds is 7. The summed E-state index contributed by atoms with van der Waals surface area (Å²) in [5.41, 5.74) is 0. The molecule has 0 aromatic rings. The Hall–Kier alpha value is 1.18. The Kier molecular flexibility index (Phi) is 13.6.